The largest absolute Gasteiger partial charge is 0.394 e. The molecule has 0 spiro atoms. The molecule has 3 heterocycles. The molecule has 0 saturated carbocycles. The SMILES string of the molecule is OCC1CCCN1c1ccc(-c2nc(-c3cccc(Cl)c3)no2)cn1. The van der Waals surface area contributed by atoms with Gasteiger partial charge >= 0.3 is 0 Å². The number of pyridine rings is 1. The number of benzene rings is 1. The molecule has 2 aromatic heterocycles. The maximum absolute atomic E-state index is 9.45. The first-order valence-electron chi connectivity index (χ1n) is 8.18. The van der Waals surface area contributed by atoms with Crippen LogP contribution in [0.15, 0.2) is 47.1 Å². The molecule has 6 nitrogen and oxygen atoms in total. The lowest BCUT2D eigenvalue weighted by Gasteiger charge is -2.23. The van der Waals surface area contributed by atoms with E-state index in [1.165, 1.54) is 0 Å². The predicted octanol–water partition coefficient (Wildman–Crippen LogP) is 3.41. The quantitative estimate of drug-likeness (QED) is 0.772. The highest BCUT2D eigenvalue weighted by molar-refractivity contribution is 6.30. The lowest BCUT2D eigenvalue weighted by Crippen LogP contribution is -2.32. The Hall–Kier alpha value is -2.44. The minimum atomic E-state index is 0.149. The summed E-state index contributed by atoms with van der Waals surface area (Å²) in [5, 5.41) is 14.1. The van der Waals surface area contributed by atoms with Gasteiger partial charge < -0.3 is 14.5 Å². The fourth-order valence-corrected chi connectivity index (χ4v) is 3.29. The van der Waals surface area contributed by atoms with E-state index in [9.17, 15) is 5.11 Å². The average Bonchev–Trinajstić information content (AvgIpc) is 3.31. The highest BCUT2D eigenvalue weighted by Crippen LogP contribution is 2.27. The number of rotatable bonds is 4. The van der Waals surface area contributed by atoms with E-state index < -0.39 is 0 Å². The summed E-state index contributed by atoms with van der Waals surface area (Å²) in [5.41, 5.74) is 1.55. The summed E-state index contributed by atoms with van der Waals surface area (Å²) in [4.78, 5) is 11.1. The van der Waals surface area contributed by atoms with E-state index in [1.807, 2.05) is 24.3 Å². The van der Waals surface area contributed by atoms with E-state index in [0.717, 1.165) is 36.3 Å². The van der Waals surface area contributed by atoms with Gasteiger partial charge in [-0.05, 0) is 37.1 Å². The maximum Gasteiger partial charge on any atom is 0.259 e. The summed E-state index contributed by atoms with van der Waals surface area (Å²) in [6.45, 7) is 1.06. The van der Waals surface area contributed by atoms with E-state index in [2.05, 4.69) is 20.0 Å². The second-order valence-corrected chi connectivity index (χ2v) is 6.45. The number of hydrogen-bond donors (Lipinski definition) is 1. The Kier molecular flexibility index (Phi) is 4.38. The summed E-state index contributed by atoms with van der Waals surface area (Å²) in [7, 11) is 0. The first-order valence-corrected chi connectivity index (χ1v) is 8.56. The van der Waals surface area contributed by atoms with Crippen molar-refractivity contribution in [2.75, 3.05) is 18.1 Å². The van der Waals surface area contributed by atoms with Crippen LogP contribution in [0.2, 0.25) is 5.02 Å². The molecule has 0 radical (unpaired) electrons. The fraction of sp³-hybridized carbons (Fsp3) is 0.278. The van der Waals surface area contributed by atoms with Gasteiger partial charge in [0.25, 0.3) is 5.89 Å². The second kappa shape index (κ2) is 6.82. The van der Waals surface area contributed by atoms with Gasteiger partial charge in [-0.2, -0.15) is 4.98 Å². The Labute approximate surface area is 150 Å². The zero-order valence-corrected chi connectivity index (χ0v) is 14.2. The molecule has 0 aliphatic carbocycles. The van der Waals surface area contributed by atoms with Crippen LogP contribution in [0.25, 0.3) is 22.8 Å². The van der Waals surface area contributed by atoms with E-state index in [0.29, 0.717) is 16.7 Å². The Bertz CT molecular complexity index is 866. The number of nitrogens with zero attached hydrogens (tertiary/aromatic N) is 4. The summed E-state index contributed by atoms with van der Waals surface area (Å²) < 4.78 is 5.35. The molecule has 1 fully saturated rings. The summed E-state index contributed by atoms with van der Waals surface area (Å²) >= 11 is 6.00. The van der Waals surface area contributed by atoms with Gasteiger partial charge in [0.05, 0.1) is 18.2 Å². The van der Waals surface area contributed by atoms with Gasteiger partial charge in [0.2, 0.25) is 5.82 Å². The number of aromatic nitrogens is 3. The van der Waals surface area contributed by atoms with Gasteiger partial charge in [-0.3, -0.25) is 0 Å². The zero-order valence-electron chi connectivity index (χ0n) is 13.5. The fourth-order valence-electron chi connectivity index (χ4n) is 3.10. The summed E-state index contributed by atoms with van der Waals surface area (Å²) in [6, 6.07) is 11.3. The molecular formula is C18H17ClN4O2. The molecule has 1 aromatic carbocycles. The lowest BCUT2D eigenvalue weighted by atomic mass is 10.2. The van der Waals surface area contributed by atoms with Crippen LogP contribution in [-0.2, 0) is 0 Å². The number of hydrogen-bond acceptors (Lipinski definition) is 6. The normalized spacial score (nSPS) is 17.2. The van der Waals surface area contributed by atoms with Crippen molar-refractivity contribution in [1.82, 2.24) is 15.1 Å². The monoisotopic (exact) mass is 356 g/mol. The van der Waals surface area contributed by atoms with Crippen LogP contribution in [0.4, 0.5) is 5.82 Å². The molecule has 128 valence electrons. The van der Waals surface area contributed by atoms with Gasteiger partial charge in [0, 0.05) is 23.3 Å². The maximum atomic E-state index is 9.45. The van der Waals surface area contributed by atoms with E-state index >= 15 is 0 Å². The van der Waals surface area contributed by atoms with E-state index in [4.69, 9.17) is 16.1 Å². The van der Waals surface area contributed by atoms with Crippen molar-refractivity contribution in [1.29, 1.82) is 0 Å². The molecule has 4 rings (SSSR count). The minimum absolute atomic E-state index is 0.149. The first kappa shape index (κ1) is 16.1. The molecule has 1 unspecified atom stereocenters. The third-order valence-electron chi connectivity index (χ3n) is 4.39. The van der Waals surface area contributed by atoms with Gasteiger partial charge in [0.15, 0.2) is 0 Å². The molecule has 7 heteroatoms. The van der Waals surface area contributed by atoms with Crippen LogP contribution in [0.5, 0.6) is 0 Å². The third-order valence-corrected chi connectivity index (χ3v) is 4.62. The van der Waals surface area contributed by atoms with Crippen LogP contribution in [0, 0.1) is 0 Å². The third kappa shape index (κ3) is 3.23. The van der Waals surface area contributed by atoms with Gasteiger partial charge in [-0.1, -0.05) is 28.9 Å². The molecule has 0 amide bonds. The van der Waals surface area contributed by atoms with Crippen molar-refractivity contribution in [3.8, 4) is 22.8 Å². The Morgan fingerprint density at radius 1 is 1.24 bits per heavy atom. The van der Waals surface area contributed by atoms with Crippen molar-refractivity contribution in [3.05, 3.63) is 47.6 Å². The Morgan fingerprint density at radius 3 is 2.92 bits per heavy atom. The minimum Gasteiger partial charge on any atom is -0.394 e. The van der Waals surface area contributed by atoms with Crippen LogP contribution in [0.3, 0.4) is 0 Å². The Balaban J connectivity index is 1.57. The molecular weight excluding hydrogens is 340 g/mol. The van der Waals surface area contributed by atoms with Crippen molar-refractivity contribution >= 4 is 17.4 Å². The lowest BCUT2D eigenvalue weighted by molar-refractivity contribution is 0.266. The van der Waals surface area contributed by atoms with Gasteiger partial charge in [-0.15, -0.1) is 0 Å². The second-order valence-electron chi connectivity index (χ2n) is 6.01. The van der Waals surface area contributed by atoms with Crippen molar-refractivity contribution in [3.63, 3.8) is 0 Å². The average molecular weight is 357 g/mol. The number of halogens is 1. The molecule has 1 atom stereocenters. The number of aliphatic hydroxyl groups is 1. The summed E-state index contributed by atoms with van der Waals surface area (Å²) in [6.07, 6.45) is 3.78. The number of anilines is 1. The van der Waals surface area contributed by atoms with Gasteiger partial charge in [0.1, 0.15) is 5.82 Å². The van der Waals surface area contributed by atoms with Crippen LogP contribution < -0.4 is 4.90 Å². The van der Waals surface area contributed by atoms with Crippen molar-refractivity contribution < 1.29 is 9.63 Å². The van der Waals surface area contributed by atoms with Crippen LogP contribution in [0.1, 0.15) is 12.8 Å². The summed E-state index contributed by atoms with van der Waals surface area (Å²) in [5.74, 6) is 1.76. The first-order chi connectivity index (χ1) is 12.2. The zero-order chi connectivity index (χ0) is 17.2. The van der Waals surface area contributed by atoms with Crippen LogP contribution in [-0.4, -0.2) is 39.4 Å². The topological polar surface area (TPSA) is 75.3 Å². The smallest absolute Gasteiger partial charge is 0.259 e. The molecule has 0 bridgehead atoms. The van der Waals surface area contributed by atoms with Crippen molar-refractivity contribution in [2.45, 2.75) is 18.9 Å². The predicted molar refractivity (Wildman–Crippen MR) is 95.4 cm³/mol. The highest BCUT2D eigenvalue weighted by Gasteiger charge is 2.24. The Morgan fingerprint density at radius 2 is 2.16 bits per heavy atom. The molecule has 1 aliphatic rings. The number of aliphatic hydroxyl groups excluding tert-OH is 1. The molecule has 1 aliphatic heterocycles. The van der Waals surface area contributed by atoms with Crippen molar-refractivity contribution in [2.24, 2.45) is 0 Å². The molecule has 1 N–H and O–H groups in total. The highest BCUT2D eigenvalue weighted by atomic mass is 35.5. The van der Waals surface area contributed by atoms with Crippen LogP contribution >= 0.6 is 11.6 Å². The van der Waals surface area contributed by atoms with Gasteiger partial charge in [-0.25, -0.2) is 4.98 Å². The molecule has 25 heavy (non-hydrogen) atoms. The van der Waals surface area contributed by atoms with E-state index in [-0.39, 0.29) is 12.6 Å². The molecule has 3 aromatic rings. The molecule has 1 saturated heterocycles. The standard InChI is InChI=1S/C18H17ClN4O2/c19-14-4-1-3-12(9-14)17-21-18(25-22-17)13-6-7-16(20-10-13)23-8-2-5-15(23)11-24/h1,3-4,6-7,9-10,15,24H,2,5,8,11H2. The van der Waals surface area contributed by atoms with E-state index in [1.54, 1.807) is 18.3 Å².